The van der Waals surface area contributed by atoms with Gasteiger partial charge in [-0.15, -0.1) is 16.4 Å². The molecule has 0 saturated carbocycles. The van der Waals surface area contributed by atoms with Gasteiger partial charge in [0.2, 0.25) is 0 Å². The number of hydrogen-bond acceptors (Lipinski definition) is 5. The standard InChI is InChI=1S/C25H24ClN5OS/c26-21-17-27-12-8-22(21)30-15-11-24(28-30)31(25(32)23-7-4-16-33-23)20-9-13-29(14-10-20)18-19-5-2-1-3-6-19/h1-8,11-12,15-17,20H,9-10,13-14,18H2. The van der Waals surface area contributed by atoms with Crippen molar-refractivity contribution in [3.63, 3.8) is 0 Å². The summed E-state index contributed by atoms with van der Waals surface area (Å²) < 4.78 is 1.71. The van der Waals surface area contributed by atoms with E-state index < -0.39 is 0 Å². The third-order valence-electron chi connectivity index (χ3n) is 5.94. The number of carbonyl (C=O) groups excluding carboxylic acids is 1. The van der Waals surface area contributed by atoms with Gasteiger partial charge >= 0.3 is 0 Å². The van der Waals surface area contributed by atoms with Gasteiger partial charge in [0, 0.05) is 50.3 Å². The molecule has 0 spiro atoms. The molecule has 4 heterocycles. The highest BCUT2D eigenvalue weighted by Crippen LogP contribution is 2.28. The van der Waals surface area contributed by atoms with Crippen molar-refractivity contribution in [3.8, 4) is 5.69 Å². The summed E-state index contributed by atoms with van der Waals surface area (Å²) in [6.45, 7) is 2.80. The predicted octanol–water partition coefficient (Wildman–Crippen LogP) is 5.29. The lowest BCUT2D eigenvalue weighted by atomic mass is 10.0. The molecule has 0 atom stereocenters. The second-order valence-corrected chi connectivity index (χ2v) is 9.45. The van der Waals surface area contributed by atoms with E-state index in [1.54, 1.807) is 17.1 Å². The molecule has 4 aromatic rings. The number of benzene rings is 1. The van der Waals surface area contributed by atoms with Crippen molar-refractivity contribution < 1.29 is 4.79 Å². The topological polar surface area (TPSA) is 54.3 Å². The smallest absolute Gasteiger partial charge is 0.269 e. The van der Waals surface area contributed by atoms with Gasteiger partial charge in [-0.25, -0.2) is 4.68 Å². The number of rotatable bonds is 6. The first kappa shape index (κ1) is 21.8. The molecular formula is C25H24ClN5OS. The van der Waals surface area contributed by atoms with E-state index in [1.807, 2.05) is 46.8 Å². The third kappa shape index (κ3) is 4.85. The minimum atomic E-state index is -0.00224. The van der Waals surface area contributed by atoms with Gasteiger partial charge in [0.15, 0.2) is 5.82 Å². The number of aromatic nitrogens is 3. The minimum absolute atomic E-state index is 0.00224. The van der Waals surface area contributed by atoms with Gasteiger partial charge in [0.1, 0.15) is 0 Å². The van der Waals surface area contributed by atoms with E-state index in [-0.39, 0.29) is 11.9 Å². The number of thiophene rings is 1. The molecule has 8 heteroatoms. The predicted molar refractivity (Wildman–Crippen MR) is 132 cm³/mol. The van der Waals surface area contributed by atoms with E-state index in [2.05, 4.69) is 34.1 Å². The summed E-state index contributed by atoms with van der Waals surface area (Å²) in [5.74, 6) is 0.639. The van der Waals surface area contributed by atoms with Crippen LogP contribution in [0, 0.1) is 0 Å². The summed E-state index contributed by atoms with van der Waals surface area (Å²) in [6.07, 6.45) is 6.91. The summed E-state index contributed by atoms with van der Waals surface area (Å²) in [7, 11) is 0. The van der Waals surface area contributed by atoms with Crippen molar-refractivity contribution in [2.75, 3.05) is 18.0 Å². The maximum absolute atomic E-state index is 13.5. The third-order valence-corrected chi connectivity index (χ3v) is 7.09. The fourth-order valence-corrected chi connectivity index (χ4v) is 5.15. The average molecular weight is 478 g/mol. The Kier molecular flexibility index (Phi) is 6.53. The molecule has 1 aliphatic heterocycles. The Labute approximate surface area is 202 Å². The van der Waals surface area contributed by atoms with Crippen molar-refractivity contribution in [1.82, 2.24) is 19.7 Å². The first-order valence-electron chi connectivity index (χ1n) is 11.0. The van der Waals surface area contributed by atoms with Crippen LogP contribution >= 0.6 is 22.9 Å². The lowest BCUT2D eigenvalue weighted by Crippen LogP contribution is -2.47. The van der Waals surface area contributed by atoms with Crippen LogP contribution in [0.25, 0.3) is 5.69 Å². The number of anilines is 1. The van der Waals surface area contributed by atoms with Gasteiger partial charge in [0.25, 0.3) is 5.91 Å². The fraction of sp³-hybridized carbons (Fsp3) is 0.240. The largest absolute Gasteiger partial charge is 0.299 e. The molecule has 1 aromatic carbocycles. The van der Waals surface area contributed by atoms with Crippen molar-refractivity contribution >= 4 is 34.7 Å². The summed E-state index contributed by atoms with van der Waals surface area (Å²) in [4.78, 5) is 22.6. The number of amides is 1. The van der Waals surface area contributed by atoms with Gasteiger partial charge in [0.05, 0.1) is 15.6 Å². The summed E-state index contributed by atoms with van der Waals surface area (Å²) in [6, 6.07) is 18.1. The molecule has 6 nitrogen and oxygen atoms in total. The number of nitrogens with zero attached hydrogens (tertiary/aromatic N) is 5. The van der Waals surface area contributed by atoms with Crippen LogP contribution in [0.15, 0.2) is 78.6 Å². The van der Waals surface area contributed by atoms with Crippen LogP contribution < -0.4 is 4.90 Å². The highest BCUT2D eigenvalue weighted by molar-refractivity contribution is 7.12. The maximum atomic E-state index is 13.5. The van der Waals surface area contributed by atoms with Crippen LogP contribution in [-0.4, -0.2) is 44.7 Å². The first-order chi connectivity index (χ1) is 16.2. The first-order valence-corrected chi connectivity index (χ1v) is 12.2. The van der Waals surface area contributed by atoms with Crippen LogP contribution in [0.4, 0.5) is 5.82 Å². The molecule has 1 aliphatic rings. The summed E-state index contributed by atoms with van der Waals surface area (Å²) in [5.41, 5.74) is 2.05. The van der Waals surface area contributed by atoms with Gasteiger partial charge < -0.3 is 0 Å². The molecule has 5 rings (SSSR count). The SMILES string of the molecule is O=C(c1cccs1)N(c1ccn(-c2ccncc2Cl)n1)C1CCN(Cc2ccccc2)CC1. The number of halogens is 1. The molecular weight excluding hydrogens is 454 g/mol. The normalized spacial score (nSPS) is 14.9. The summed E-state index contributed by atoms with van der Waals surface area (Å²) >= 11 is 7.78. The quantitative estimate of drug-likeness (QED) is 0.378. The molecule has 0 unspecified atom stereocenters. The van der Waals surface area contributed by atoms with Gasteiger partial charge in [-0.3, -0.25) is 19.6 Å². The van der Waals surface area contributed by atoms with E-state index in [1.165, 1.54) is 16.9 Å². The lowest BCUT2D eigenvalue weighted by Gasteiger charge is -2.37. The lowest BCUT2D eigenvalue weighted by molar-refractivity contribution is 0.0961. The molecule has 0 aliphatic carbocycles. The van der Waals surface area contributed by atoms with Crippen molar-refractivity contribution in [2.45, 2.75) is 25.4 Å². The van der Waals surface area contributed by atoms with Crippen molar-refractivity contribution in [3.05, 3.63) is 94.0 Å². The van der Waals surface area contributed by atoms with Crippen molar-refractivity contribution in [2.24, 2.45) is 0 Å². The Morgan fingerprint density at radius 1 is 1.09 bits per heavy atom. The van der Waals surface area contributed by atoms with Crippen LogP contribution in [0.1, 0.15) is 28.1 Å². The number of pyridine rings is 1. The Balaban J connectivity index is 1.37. The Morgan fingerprint density at radius 3 is 2.64 bits per heavy atom. The van der Waals surface area contributed by atoms with E-state index in [4.69, 9.17) is 16.7 Å². The van der Waals surface area contributed by atoms with Crippen LogP contribution in [0.3, 0.4) is 0 Å². The van der Waals surface area contributed by atoms with Gasteiger partial charge in [-0.2, -0.15) is 0 Å². The number of piperidine rings is 1. The molecule has 1 fully saturated rings. The van der Waals surface area contributed by atoms with E-state index in [9.17, 15) is 4.79 Å². The van der Waals surface area contributed by atoms with Crippen LogP contribution in [-0.2, 0) is 6.54 Å². The van der Waals surface area contributed by atoms with Crippen LogP contribution in [0.5, 0.6) is 0 Å². The highest BCUT2D eigenvalue weighted by atomic mass is 35.5. The molecule has 33 heavy (non-hydrogen) atoms. The van der Waals surface area contributed by atoms with E-state index in [0.717, 1.165) is 43.0 Å². The molecule has 0 N–H and O–H groups in total. The maximum Gasteiger partial charge on any atom is 0.269 e. The molecule has 3 aromatic heterocycles. The fourth-order valence-electron chi connectivity index (χ4n) is 4.28. The zero-order valence-electron chi connectivity index (χ0n) is 18.0. The molecule has 0 bridgehead atoms. The zero-order chi connectivity index (χ0) is 22.6. The Bertz CT molecular complexity index is 1200. The van der Waals surface area contributed by atoms with E-state index in [0.29, 0.717) is 10.8 Å². The summed E-state index contributed by atoms with van der Waals surface area (Å²) in [5, 5.41) is 7.18. The molecule has 1 saturated heterocycles. The highest BCUT2D eigenvalue weighted by Gasteiger charge is 2.32. The molecule has 0 radical (unpaired) electrons. The zero-order valence-corrected chi connectivity index (χ0v) is 19.6. The van der Waals surface area contributed by atoms with Crippen molar-refractivity contribution in [1.29, 1.82) is 0 Å². The van der Waals surface area contributed by atoms with Gasteiger partial charge in [-0.1, -0.05) is 48.0 Å². The molecule has 168 valence electrons. The molecule has 1 amide bonds. The second kappa shape index (κ2) is 9.87. The Morgan fingerprint density at radius 2 is 1.91 bits per heavy atom. The minimum Gasteiger partial charge on any atom is -0.299 e. The number of likely N-dealkylation sites (tertiary alicyclic amines) is 1. The monoisotopic (exact) mass is 477 g/mol. The Hall–Kier alpha value is -3.00. The average Bonchev–Trinajstić information content (AvgIpc) is 3.54. The van der Waals surface area contributed by atoms with Gasteiger partial charge in [-0.05, 0) is 35.9 Å². The second-order valence-electron chi connectivity index (χ2n) is 8.09. The van der Waals surface area contributed by atoms with Crippen LogP contribution in [0.2, 0.25) is 5.02 Å². The number of carbonyl (C=O) groups is 1. The van der Waals surface area contributed by atoms with E-state index >= 15 is 0 Å². The number of hydrogen-bond donors (Lipinski definition) is 0.